The maximum Gasteiger partial charge on any atom is 0.168 e. The van der Waals surface area contributed by atoms with Crippen molar-refractivity contribution in [1.29, 1.82) is 0 Å². The molecular formula is C9H12F2N2S. The molecule has 14 heavy (non-hydrogen) atoms. The van der Waals surface area contributed by atoms with Gasteiger partial charge in [0.2, 0.25) is 0 Å². The van der Waals surface area contributed by atoms with Crippen molar-refractivity contribution in [3.8, 4) is 0 Å². The Morgan fingerprint density at radius 2 is 2.07 bits per heavy atom. The predicted octanol–water partition coefficient (Wildman–Crippen LogP) is 2.69. The zero-order valence-corrected chi connectivity index (χ0v) is 8.87. The number of aromatic nitrogens is 1. The lowest BCUT2D eigenvalue weighted by molar-refractivity contribution is 0.552. The van der Waals surface area contributed by atoms with E-state index in [2.05, 4.69) is 4.98 Å². The smallest absolute Gasteiger partial charge is 0.168 e. The quantitative estimate of drug-likeness (QED) is 0.793. The molecule has 1 heterocycles. The Bertz CT molecular complexity index is 329. The standard InChI is InChI=1S/C9H12F2N2S/c1-5(2)4-14-9-7(11)3-6(10)8(12)13-9/h3,5H,4H2,1-2H3,(H2,12,13). The Hall–Kier alpha value is -0.840. The second-order valence-corrected chi connectivity index (χ2v) is 4.36. The van der Waals surface area contributed by atoms with E-state index in [1.807, 2.05) is 13.8 Å². The fourth-order valence-corrected chi connectivity index (χ4v) is 1.66. The van der Waals surface area contributed by atoms with Crippen LogP contribution in [0.25, 0.3) is 0 Å². The second-order valence-electron chi connectivity index (χ2n) is 3.35. The van der Waals surface area contributed by atoms with Gasteiger partial charge in [0.05, 0.1) is 0 Å². The monoisotopic (exact) mass is 218 g/mol. The molecule has 2 nitrogen and oxygen atoms in total. The van der Waals surface area contributed by atoms with Crippen molar-refractivity contribution in [3.63, 3.8) is 0 Å². The average Bonchev–Trinajstić information content (AvgIpc) is 2.09. The summed E-state index contributed by atoms with van der Waals surface area (Å²) < 4.78 is 25.8. The first-order valence-corrected chi connectivity index (χ1v) is 5.23. The minimum absolute atomic E-state index is 0.164. The maximum absolute atomic E-state index is 13.1. The van der Waals surface area contributed by atoms with E-state index >= 15 is 0 Å². The van der Waals surface area contributed by atoms with Gasteiger partial charge < -0.3 is 5.73 Å². The van der Waals surface area contributed by atoms with Gasteiger partial charge >= 0.3 is 0 Å². The van der Waals surface area contributed by atoms with Crippen molar-refractivity contribution >= 4 is 17.6 Å². The minimum Gasteiger partial charge on any atom is -0.381 e. The highest BCUT2D eigenvalue weighted by molar-refractivity contribution is 7.99. The van der Waals surface area contributed by atoms with Crippen molar-refractivity contribution in [2.75, 3.05) is 11.5 Å². The van der Waals surface area contributed by atoms with Crippen molar-refractivity contribution in [2.45, 2.75) is 18.9 Å². The molecule has 0 amide bonds. The van der Waals surface area contributed by atoms with Crippen LogP contribution in [-0.2, 0) is 0 Å². The third-order valence-electron chi connectivity index (χ3n) is 1.48. The summed E-state index contributed by atoms with van der Waals surface area (Å²) in [4.78, 5) is 3.63. The first kappa shape index (κ1) is 11.2. The van der Waals surface area contributed by atoms with Crippen LogP contribution in [0.5, 0.6) is 0 Å². The molecule has 5 heteroatoms. The van der Waals surface area contributed by atoms with Gasteiger partial charge in [-0.05, 0) is 5.92 Å². The molecule has 78 valence electrons. The molecule has 0 aromatic carbocycles. The molecule has 0 bridgehead atoms. The molecule has 1 rings (SSSR count). The molecular weight excluding hydrogens is 206 g/mol. The van der Waals surface area contributed by atoms with Gasteiger partial charge in [0.15, 0.2) is 17.5 Å². The number of nitrogen functional groups attached to an aromatic ring is 1. The van der Waals surface area contributed by atoms with Gasteiger partial charge in [-0.25, -0.2) is 13.8 Å². The number of hydrogen-bond acceptors (Lipinski definition) is 3. The highest BCUT2D eigenvalue weighted by Gasteiger charge is 2.10. The highest BCUT2D eigenvalue weighted by Crippen LogP contribution is 2.24. The number of anilines is 1. The van der Waals surface area contributed by atoms with Crippen molar-refractivity contribution in [2.24, 2.45) is 5.92 Å². The lowest BCUT2D eigenvalue weighted by atomic mass is 10.3. The highest BCUT2D eigenvalue weighted by atomic mass is 32.2. The van der Waals surface area contributed by atoms with Gasteiger partial charge in [-0.1, -0.05) is 13.8 Å². The largest absolute Gasteiger partial charge is 0.381 e. The topological polar surface area (TPSA) is 38.9 Å². The summed E-state index contributed by atoms with van der Waals surface area (Å²) in [6.07, 6.45) is 0. The summed E-state index contributed by atoms with van der Waals surface area (Å²) in [6.45, 7) is 4.02. The fraction of sp³-hybridized carbons (Fsp3) is 0.444. The third kappa shape index (κ3) is 2.83. The molecule has 2 N–H and O–H groups in total. The van der Waals surface area contributed by atoms with E-state index < -0.39 is 11.6 Å². The van der Waals surface area contributed by atoms with E-state index in [1.165, 1.54) is 11.8 Å². The first-order chi connectivity index (χ1) is 6.50. The number of rotatable bonds is 3. The molecule has 0 spiro atoms. The number of halogens is 2. The summed E-state index contributed by atoms with van der Waals surface area (Å²) >= 11 is 1.25. The third-order valence-corrected chi connectivity index (χ3v) is 2.87. The van der Waals surface area contributed by atoms with E-state index in [0.717, 1.165) is 11.8 Å². The summed E-state index contributed by atoms with van der Waals surface area (Å²) in [5, 5.41) is 0.164. The van der Waals surface area contributed by atoms with Crippen molar-refractivity contribution in [3.05, 3.63) is 17.7 Å². The summed E-state index contributed by atoms with van der Waals surface area (Å²) in [5.74, 6) is -0.557. The molecule has 0 unspecified atom stereocenters. The number of thioether (sulfide) groups is 1. The molecule has 0 fully saturated rings. The Morgan fingerprint density at radius 1 is 1.43 bits per heavy atom. The molecule has 0 saturated carbocycles. The van der Waals surface area contributed by atoms with Crippen LogP contribution in [-0.4, -0.2) is 10.7 Å². The van der Waals surface area contributed by atoms with Gasteiger partial charge in [-0.15, -0.1) is 11.8 Å². The molecule has 0 radical (unpaired) electrons. The molecule has 0 aliphatic carbocycles. The number of hydrogen-bond donors (Lipinski definition) is 1. The minimum atomic E-state index is -0.809. The van der Waals surface area contributed by atoms with E-state index in [9.17, 15) is 8.78 Å². The van der Waals surface area contributed by atoms with E-state index in [-0.39, 0.29) is 10.8 Å². The van der Waals surface area contributed by atoms with Crippen LogP contribution in [0.4, 0.5) is 14.6 Å². The van der Waals surface area contributed by atoms with E-state index in [0.29, 0.717) is 5.92 Å². The first-order valence-electron chi connectivity index (χ1n) is 4.25. The SMILES string of the molecule is CC(C)CSc1nc(N)c(F)cc1F. The summed E-state index contributed by atoms with van der Waals surface area (Å²) in [7, 11) is 0. The Labute approximate surface area is 85.9 Å². The summed E-state index contributed by atoms with van der Waals surface area (Å²) in [5.41, 5.74) is 5.23. The van der Waals surface area contributed by atoms with Gasteiger partial charge in [0.25, 0.3) is 0 Å². The van der Waals surface area contributed by atoms with Crippen LogP contribution >= 0.6 is 11.8 Å². The lowest BCUT2D eigenvalue weighted by Crippen LogP contribution is -2.00. The van der Waals surface area contributed by atoms with Crippen LogP contribution in [0.15, 0.2) is 11.1 Å². The molecule has 0 atom stereocenters. The summed E-state index contributed by atoms with van der Waals surface area (Å²) in [6, 6.07) is 0.769. The number of nitrogens with two attached hydrogens (primary N) is 1. The Kier molecular flexibility index (Phi) is 3.69. The molecule has 0 aliphatic rings. The van der Waals surface area contributed by atoms with E-state index in [4.69, 9.17) is 5.73 Å². The number of nitrogens with zero attached hydrogens (tertiary/aromatic N) is 1. The predicted molar refractivity (Wildman–Crippen MR) is 54.1 cm³/mol. The van der Waals surface area contributed by atoms with Crippen molar-refractivity contribution in [1.82, 2.24) is 4.98 Å². The Balaban J connectivity index is 2.82. The van der Waals surface area contributed by atoms with Crippen LogP contribution in [0.1, 0.15) is 13.8 Å². The van der Waals surface area contributed by atoms with Gasteiger partial charge in [-0.3, -0.25) is 0 Å². The van der Waals surface area contributed by atoms with Crippen LogP contribution in [0, 0.1) is 17.6 Å². The van der Waals surface area contributed by atoms with Crippen LogP contribution in [0.3, 0.4) is 0 Å². The van der Waals surface area contributed by atoms with Crippen LogP contribution < -0.4 is 5.73 Å². The Morgan fingerprint density at radius 3 is 2.64 bits per heavy atom. The van der Waals surface area contributed by atoms with E-state index in [1.54, 1.807) is 0 Å². The fourth-order valence-electron chi connectivity index (χ4n) is 0.810. The molecule has 1 aromatic rings. The van der Waals surface area contributed by atoms with Gasteiger partial charge in [0.1, 0.15) is 5.03 Å². The van der Waals surface area contributed by atoms with Gasteiger partial charge in [0, 0.05) is 11.8 Å². The average molecular weight is 218 g/mol. The molecule has 0 saturated heterocycles. The van der Waals surface area contributed by atoms with Crippen LogP contribution in [0.2, 0.25) is 0 Å². The van der Waals surface area contributed by atoms with Crippen molar-refractivity contribution < 1.29 is 8.78 Å². The normalized spacial score (nSPS) is 10.9. The zero-order valence-electron chi connectivity index (χ0n) is 8.05. The zero-order chi connectivity index (χ0) is 10.7. The second kappa shape index (κ2) is 4.59. The maximum atomic E-state index is 13.1. The molecule has 0 aliphatic heterocycles. The molecule has 1 aromatic heterocycles. The lowest BCUT2D eigenvalue weighted by Gasteiger charge is -2.05. The van der Waals surface area contributed by atoms with Gasteiger partial charge in [-0.2, -0.15) is 0 Å². The number of pyridine rings is 1.